The van der Waals surface area contributed by atoms with Crippen LogP contribution in [0.3, 0.4) is 0 Å². The number of hydrogen-bond acceptors (Lipinski definition) is 5. The Morgan fingerprint density at radius 2 is 2.04 bits per heavy atom. The number of nitrogens with zero attached hydrogens (tertiary/aromatic N) is 4. The van der Waals surface area contributed by atoms with Crippen LogP contribution in [-0.4, -0.2) is 49.7 Å². The molecule has 1 atom stereocenters. The molecule has 3 heterocycles. The maximum atomic E-state index is 12.2. The molecule has 23 heavy (non-hydrogen) atoms. The highest BCUT2D eigenvalue weighted by Gasteiger charge is 2.21. The van der Waals surface area contributed by atoms with Crippen molar-refractivity contribution in [2.24, 2.45) is 14.1 Å². The molecule has 0 bridgehead atoms. The molecule has 2 aromatic heterocycles. The number of anilines is 1. The lowest BCUT2D eigenvalue weighted by Crippen LogP contribution is -2.43. The van der Waals surface area contributed by atoms with Crippen LogP contribution in [0, 0.1) is 0 Å². The normalized spacial score (nSPS) is 19.3. The molecule has 0 saturated carbocycles. The summed E-state index contributed by atoms with van der Waals surface area (Å²) in [6.07, 6.45) is 3.67. The minimum absolute atomic E-state index is 0.350. The van der Waals surface area contributed by atoms with Gasteiger partial charge in [0, 0.05) is 26.7 Å². The highest BCUT2D eigenvalue weighted by molar-refractivity contribution is 5.72. The van der Waals surface area contributed by atoms with Crippen molar-refractivity contribution in [2.75, 3.05) is 25.0 Å². The number of hydrogen-bond donors (Lipinski definition) is 2. The third kappa shape index (κ3) is 2.78. The van der Waals surface area contributed by atoms with E-state index in [1.165, 1.54) is 30.9 Å². The quantitative estimate of drug-likeness (QED) is 0.843. The van der Waals surface area contributed by atoms with E-state index in [0.29, 0.717) is 23.2 Å². The first-order valence-corrected chi connectivity index (χ1v) is 8.16. The number of H-pyrrole nitrogens is 1. The lowest BCUT2D eigenvalue weighted by molar-refractivity contribution is 0.164. The lowest BCUT2D eigenvalue weighted by Gasteiger charge is -2.34. The molecule has 8 heteroatoms. The summed E-state index contributed by atoms with van der Waals surface area (Å²) in [5, 5.41) is 3.29. The maximum absolute atomic E-state index is 12.2. The van der Waals surface area contributed by atoms with E-state index >= 15 is 0 Å². The molecule has 0 spiro atoms. The molecule has 0 radical (unpaired) electrons. The largest absolute Gasteiger partial charge is 0.354 e. The number of imidazole rings is 1. The van der Waals surface area contributed by atoms with E-state index in [2.05, 4.69) is 27.1 Å². The molecule has 2 aromatic rings. The molecule has 1 saturated heterocycles. The van der Waals surface area contributed by atoms with Gasteiger partial charge < -0.3 is 10.3 Å². The van der Waals surface area contributed by atoms with Crippen LogP contribution in [0.25, 0.3) is 11.2 Å². The summed E-state index contributed by atoms with van der Waals surface area (Å²) in [5.41, 5.74) is 0.0196. The molecule has 1 unspecified atom stereocenters. The van der Waals surface area contributed by atoms with Crippen molar-refractivity contribution < 1.29 is 0 Å². The monoisotopic (exact) mass is 320 g/mol. The first-order chi connectivity index (χ1) is 11.0. The Balaban J connectivity index is 1.84. The van der Waals surface area contributed by atoms with Gasteiger partial charge in [0.2, 0.25) is 5.95 Å². The van der Waals surface area contributed by atoms with Crippen molar-refractivity contribution in [3.8, 4) is 0 Å². The topological polar surface area (TPSA) is 88.0 Å². The first kappa shape index (κ1) is 15.8. The number of likely N-dealkylation sites (tertiary alicyclic amines) is 1. The highest BCUT2D eigenvalue weighted by Crippen LogP contribution is 2.17. The van der Waals surface area contributed by atoms with Crippen LogP contribution in [-0.2, 0) is 14.1 Å². The summed E-state index contributed by atoms with van der Waals surface area (Å²) in [7, 11) is 3.09. The Morgan fingerprint density at radius 1 is 1.26 bits per heavy atom. The zero-order valence-corrected chi connectivity index (χ0v) is 13.9. The Morgan fingerprint density at radius 3 is 2.78 bits per heavy atom. The van der Waals surface area contributed by atoms with Crippen molar-refractivity contribution in [1.82, 2.24) is 24.0 Å². The number of likely N-dealkylation sites (N-methyl/N-ethyl adjacent to an activating group) is 1. The Bertz CT molecular complexity index is 818. The second kappa shape index (κ2) is 6.19. The molecule has 1 aliphatic rings. The van der Waals surface area contributed by atoms with Crippen molar-refractivity contribution in [3.63, 3.8) is 0 Å². The number of fused-ring (bicyclic) bond motifs is 1. The smallest absolute Gasteiger partial charge is 0.332 e. The molecule has 0 aliphatic carbocycles. The lowest BCUT2D eigenvalue weighted by atomic mass is 10.0. The zero-order valence-electron chi connectivity index (χ0n) is 13.9. The van der Waals surface area contributed by atoms with Gasteiger partial charge in [-0.1, -0.05) is 13.3 Å². The third-order valence-electron chi connectivity index (χ3n) is 4.76. The van der Waals surface area contributed by atoms with Gasteiger partial charge in [0.05, 0.1) is 0 Å². The Labute approximate surface area is 134 Å². The number of aromatic nitrogens is 4. The summed E-state index contributed by atoms with van der Waals surface area (Å²) in [4.78, 5) is 34.0. The number of aromatic amines is 1. The SMILES string of the molecule is CCN1CCCCC1CNc1nc2c([nH]1)c(=O)n(C)c(=O)n2C. The second-order valence-corrected chi connectivity index (χ2v) is 6.15. The van der Waals surface area contributed by atoms with Crippen molar-refractivity contribution >= 4 is 17.1 Å². The molecule has 1 fully saturated rings. The van der Waals surface area contributed by atoms with Gasteiger partial charge in [0.25, 0.3) is 5.56 Å². The fourth-order valence-electron chi connectivity index (χ4n) is 3.33. The summed E-state index contributed by atoms with van der Waals surface area (Å²) in [5.74, 6) is 0.542. The predicted molar refractivity (Wildman–Crippen MR) is 90.0 cm³/mol. The molecule has 1 aliphatic heterocycles. The summed E-state index contributed by atoms with van der Waals surface area (Å²) >= 11 is 0. The van der Waals surface area contributed by atoms with Crippen LogP contribution in [0.2, 0.25) is 0 Å². The van der Waals surface area contributed by atoms with Gasteiger partial charge in [-0.2, -0.15) is 4.98 Å². The third-order valence-corrected chi connectivity index (χ3v) is 4.76. The molecule has 2 N–H and O–H groups in total. The van der Waals surface area contributed by atoms with Crippen LogP contribution in [0.1, 0.15) is 26.2 Å². The maximum Gasteiger partial charge on any atom is 0.332 e. The van der Waals surface area contributed by atoms with Crippen LogP contribution < -0.4 is 16.6 Å². The van der Waals surface area contributed by atoms with Crippen molar-refractivity contribution in [2.45, 2.75) is 32.2 Å². The fraction of sp³-hybridized carbons (Fsp3) is 0.667. The van der Waals surface area contributed by atoms with E-state index in [0.717, 1.165) is 24.2 Å². The van der Waals surface area contributed by atoms with E-state index in [9.17, 15) is 9.59 Å². The number of nitrogens with one attached hydrogen (secondary N) is 2. The van der Waals surface area contributed by atoms with E-state index < -0.39 is 0 Å². The standard InChI is InChI=1S/C15H24N6O2/c1-4-21-8-6-5-7-10(21)9-16-14-17-11-12(18-14)19(2)15(23)20(3)13(11)22/h10H,4-9H2,1-3H3,(H2,16,17,18). The molecule has 0 aromatic carbocycles. The minimum atomic E-state index is -0.370. The number of aryl methyl sites for hydroxylation is 1. The number of rotatable bonds is 4. The van der Waals surface area contributed by atoms with Gasteiger partial charge in [0.1, 0.15) is 0 Å². The van der Waals surface area contributed by atoms with Crippen LogP contribution in [0.5, 0.6) is 0 Å². The van der Waals surface area contributed by atoms with Crippen molar-refractivity contribution in [1.29, 1.82) is 0 Å². The molecule has 3 rings (SSSR count). The van der Waals surface area contributed by atoms with E-state index in [4.69, 9.17) is 0 Å². The second-order valence-electron chi connectivity index (χ2n) is 6.15. The van der Waals surface area contributed by atoms with Gasteiger partial charge in [-0.3, -0.25) is 18.8 Å². The summed E-state index contributed by atoms with van der Waals surface area (Å²) < 4.78 is 2.47. The van der Waals surface area contributed by atoms with Gasteiger partial charge in [0.15, 0.2) is 11.2 Å². The molecular formula is C15H24N6O2. The van der Waals surface area contributed by atoms with Crippen LogP contribution in [0.4, 0.5) is 5.95 Å². The van der Waals surface area contributed by atoms with Crippen LogP contribution in [0.15, 0.2) is 9.59 Å². The summed E-state index contributed by atoms with van der Waals surface area (Å²) in [6.45, 7) is 5.14. The van der Waals surface area contributed by atoms with Gasteiger partial charge in [-0.25, -0.2) is 4.79 Å². The van der Waals surface area contributed by atoms with Gasteiger partial charge in [-0.15, -0.1) is 0 Å². The number of piperidine rings is 1. The first-order valence-electron chi connectivity index (χ1n) is 8.16. The van der Waals surface area contributed by atoms with Gasteiger partial charge >= 0.3 is 5.69 Å². The zero-order chi connectivity index (χ0) is 16.6. The molecular weight excluding hydrogens is 296 g/mol. The Hall–Kier alpha value is -2.09. The molecule has 0 amide bonds. The van der Waals surface area contributed by atoms with E-state index in [-0.39, 0.29) is 11.2 Å². The predicted octanol–water partition coefficient (Wildman–Crippen LogP) is 0.247. The van der Waals surface area contributed by atoms with Gasteiger partial charge in [-0.05, 0) is 25.9 Å². The average Bonchev–Trinajstić information content (AvgIpc) is 3.01. The Kier molecular flexibility index (Phi) is 4.25. The minimum Gasteiger partial charge on any atom is -0.354 e. The van der Waals surface area contributed by atoms with Crippen LogP contribution >= 0.6 is 0 Å². The van der Waals surface area contributed by atoms with E-state index in [1.54, 1.807) is 7.05 Å². The average molecular weight is 320 g/mol. The fourth-order valence-corrected chi connectivity index (χ4v) is 3.33. The van der Waals surface area contributed by atoms with E-state index in [1.807, 2.05) is 0 Å². The highest BCUT2D eigenvalue weighted by atomic mass is 16.2. The summed E-state index contributed by atoms with van der Waals surface area (Å²) in [6, 6.07) is 0.480. The molecule has 126 valence electrons. The van der Waals surface area contributed by atoms with Crippen molar-refractivity contribution in [3.05, 3.63) is 20.8 Å². The molecule has 8 nitrogen and oxygen atoms in total.